The van der Waals surface area contributed by atoms with Crippen LogP contribution in [0.3, 0.4) is 0 Å². The van der Waals surface area contributed by atoms with Gasteiger partial charge < -0.3 is 19.1 Å². The molecule has 1 aliphatic rings. The summed E-state index contributed by atoms with van der Waals surface area (Å²) < 4.78 is 16.7. The molecule has 0 aliphatic carbocycles. The van der Waals surface area contributed by atoms with E-state index in [0.717, 1.165) is 31.9 Å². The van der Waals surface area contributed by atoms with Crippen molar-refractivity contribution in [2.75, 3.05) is 44.7 Å². The maximum absolute atomic E-state index is 11.6. The van der Waals surface area contributed by atoms with Gasteiger partial charge in [0, 0.05) is 27.3 Å². The lowest BCUT2D eigenvalue weighted by Gasteiger charge is -2.37. The van der Waals surface area contributed by atoms with Gasteiger partial charge in [0.1, 0.15) is 18.5 Å². The Labute approximate surface area is 190 Å². The standard InChI is InChI=1S/C21H32ClN3O5Si/c1-31(2,3)11-10-30-16-29-9-8-28-15-18-6-4-5-7-24(18)20-13-19(22)17(14-23)12-21(20)25(26)27/h12-13,18H,4-11,15-16H2,1-3H3. The zero-order valence-corrected chi connectivity index (χ0v) is 20.3. The summed E-state index contributed by atoms with van der Waals surface area (Å²) in [6, 6.07) is 5.79. The van der Waals surface area contributed by atoms with Crippen LogP contribution in [-0.2, 0) is 14.2 Å². The fourth-order valence-electron chi connectivity index (χ4n) is 3.40. The number of nitrogens with zero attached hydrogens (tertiary/aromatic N) is 3. The van der Waals surface area contributed by atoms with Crippen LogP contribution in [0.1, 0.15) is 24.8 Å². The fraction of sp³-hybridized carbons (Fsp3) is 0.667. The van der Waals surface area contributed by atoms with Gasteiger partial charge in [0.25, 0.3) is 5.69 Å². The second kappa shape index (κ2) is 12.4. The number of rotatable bonds is 12. The summed E-state index contributed by atoms with van der Waals surface area (Å²) in [5.74, 6) is 0. The molecule has 0 bridgehead atoms. The zero-order chi connectivity index (χ0) is 22.9. The number of nitro groups is 1. The Morgan fingerprint density at radius 1 is 1.23 bits per heavy atom. The lowest BCUT2D eigenvalue weighted by molar-refractivity contribution is -0.384. The highest BCUT2D eigenvalue weighted by Gasteiger charge is 2.29. The number of hydrogen-bond donors (Lipinski definition) is 0. The van der Waals surface area contributed by atoms with Crippen molar-refractivity contribution in [2.24, 2.45) is 0 Å². The van der Waals surface area contributed by atoms with Crippen molar-refractivity contribution in [3.63, 3.8) is 0 Å². The molecule has 0 spiro atoms. The van der Waals surface area contributed by atoms with E-state index in [1.165, 1.54) is 12.1 Å². The largest absolute Gasteiger partial charge is 0.377 e. The van der Waals surface area contributed by atoms with Crippen molar-refractivity contribution in [3.8, 4) is 6.07 Å². The predicted octanol–water partition coefficient (Wildman–Crippen LogP) is 4.82. The number of piperidine rings is 1. The third-order valence-electron chi connectivity index (χ3n) is 5.16. The highest BCUT2D eigenvalue weighted by molar-refractivity contribution is 6.76. The number of nitro benzene ring substituents is 1. The Hall–Kier alpha value is -1.70. The van der Waals surface area contributed by atoms with Crippen LogP contribution in [0, 0.1) is 21.4 Å². The molecule has 0 amide bonds. The second-order valence-corrected chi connectivity index (χ2v) is 14.9. The van der Waals surface area contributed by atoms with Gasteiger partial charge in [0.05, 0.1) is 41.4 Å². The monoisotopic (exact) mass is 469 g/mol. The number of benzene rings is 1. The number of anilines is 1. The Morgan fingerprint density at radius 2 is 1.94 bits per heavy atom. The smallest absolute Gasteiger partial charge is 0.293 e. The van der Waals surface area contributed by atoms with E-state index >= 15 is 0 Å². The Kier molecular flexibility index (Phi) is 10.2. The Morgan fingerprint density at radius 3 is 2.61 bits per heavy atom. The van der Waals surface area contributed by atoms with Crippen LogP contribution < -0.4 is 4.90 Å². The molecule has 172 valence electrons. The summed E-state index contributed by atoms with van der Waals surface area (Å²) >= 11 is 6.17. The van der Waals surface area contributed by atoms with Crippen molar-refractivity contribution >= 4 is 31.0 Å². The summed E-state index contributed by atoms with van der Waals surface area (Å²) in [5.41, 5.74) is 0.437. The van der Waals surface area contributed by atoms with Crippen LogP contribution in [0.15, 0.2) is 12.1 Å². The van der Waals surface area contributed by atoms with E-state index < -0.39 is 13.0 Å². The summed E-state index contributed by atoms with van der Waals surface area (Å²) in [5, 5.41) is 20.9. The van der Waals surface area contributed by atoms with Crippen molar-refractivity contribution in [1.29, 1.82) is 5.26 Å². The van der Waals surface area contributed by atoms with Crippen molar-refractivity contribution in [2.45, 2.75) is 51.0 Å². The van der Waals surface area contributed by atoms with Crippen LogP contribution in [-0.4, -0.2) is 58.8 Å². The molecular weight excluding hydrogens is 438 g/mol. The second-order valence-electron chi connectivity index (χ2n) is 8.85. The molecule has 8 nitrogen and oxygen atoms in total. The minimum atomic E-state index is -1.09. The summed E-state index contributed by atoms with van der Waals surface area (Å²) in [4.78, 5) is 13.1. The Bertz CT molecular complexity index is 782. The van der Waals surface area contributed by atoms with Crippen molar-refractivity contribution in [3.05, 3.63) is 32.8 Å². The van der Waals surface area contributed by atoms with Crippen molar-refractivity contribution < 1.29 is 19.1 Å². The third-order valence-corrected chi connectivity index (χ3v) is 7.18. The van der Waals surface area contributed by atoms with Crippen LogP contribution in [0.5, 0.6) is 0 Å². The topological polar surface area (TPSA) is 97.9 Å². The van der Waals surface area contributed by atoms with Crippen LogP contribution in [0.25, 0.3) is 0 Å². The first-order chi connectivity index (χ1) is 14.7. The lowest BCUT2D eigenvalue weighted by atomic mass is 10.0. The van der Waals surface area contributed by atoms with Gasteiger partial charge in [-0.2, -0.15) is 5.26 Å². The van der Waals surface area contributed by atoms with E-state index in [-0.39, 0.29) is 29.1 Å². The van der Waals surface area contributed by atoms with Gasteiger partial charge in [0.2, 0.25) is 0 Å². The van der Waals surface area contributed by atoms with Gasteiger partial charge >= 0.3 is 0 Å². The highest BCUT2D eigenvalue weighted by atomic mass is 35.5. The maximum atomic E-state index is 11.6. The lowest BCUT2D eigenvalue weighted by Crippen LogP contribution is -2.43. The molecule has 1 atom stereocenters. The molecule has 10 heteroatoms. The molecule has 2 rings (SSSR count). The molecule has 0 radical (unpaired) electrons. The summed E-state index contributed by atoms with van der Waals surface area (Å²) in [6.07, 6.45) is 2.84. The summed E-state index contributed by atoms with van der Waals surface area (Å²) in [6.45, 7) is 9.88. The first kappa shape index (κ1) is 25.6. The molecule has 31 heavy (non-hydrogen) atoms. The van der Waals surface area contributed by atoms with E-state index in [4.69, 9.17) is 31.1 Å². The SMILES string of the molecule is C[Si](C)(C)CCOCOCCOCC1CCCCN1c1cc(Cl)c(C#N)cc1[N+](=O)[O-]. The molecule has 1 unspecified atom stereocenters. The molecule has 1 aromatic carbocycles. The predicted molar refractivity (Wildman–Crippen MR) is 124 cm³/mol. The van der Waals surface area contributed by atoms with Gasteiger partial charge in [-0.3, -0.25) is 10.1 Å². The minimum Gasteiger partial charge on any atom is -0.377 e. The first-order valence-corrected chi connectivity index (χ1v) is 14.7. The number of hydrogen-bond acceptors (Lipinski definition) is 7. The van der Waals surface area contributed by atoms with Crippen LogP contribution in [0.2, 0.25) is 30.7 Å². The number of halogens is 1. The number of nitriles is 1. The molecule has 0 aromatic heterocycles. The average molecular weight is 470 g/mol. The van der Waals surface area contributed by atoms with Crippen molar-refractivity contribution in [1.82, 2.24) is 0 Å². The maximum Gasteiger partial charge on any atom is 0.293 e. The summed E-state index contributed by atoms with van der Waals surface area (Å²) in [7, 11) is -1.09. The van der Waals surface area contributed by atoms with E-state index in [1.54, 1.807) is 0 Å². The number of ether oxygens (including phenoxy) is 3. The molecular formula is C21H32ClN3O5Si. The quantitative estimate of drug-likeness (QED) is 0.142. The van der Waals surface area contributed by atoms with E-state index in [2.05, 4.69) is 19.6 Å². The van der Waals surface area contributed by atoms with E-state index in [1.807, 2.05) is 11.0 Å². The van der Waals surface area contributed by atoms with Gasteiger partial charge in [-0.05, 0) is 31.4 Å². The molecule has 1 saturated heterocycles. The minimum absolute atomic E-state index is 0.00412. The molecule has 1 heterocycles. The van der Waals surface area contributed by atoms with Gasteiger partial charge in [-0.1, -0.05) is 31.2 Å². The highest BCUT2D eigenvalue weighted by Crippen LogP contribution is 2.37. The first-order valence-electron chi connectivity index (χ1n) is 10.6. The molecule has 1 fully saturated rings. The Balaban J connectivity index is 1.85. The van der Waals surface area contributed by atoms with Crippen LogP contribution in [0.4, 0.5) is 11.4 Å². The van der Waals surface area contributed by atoms with E-state index in [9.17, 15) is 10.1 Å². The molecule has 0 saturated carbocycles. The van der Waals surface area contributed by atoms with Crippen LogP contribution >= 0.6 is 11.6 Å². The normalized spacial score (nSPS) is 16.9. The van der Waals surface area contributed by atoms with Gasteiger partial charge in [-0.15, -0.1) is 0 Å². The van der Waals surface area contributed by atoms with Gasteiger partial charge in [-0.25, -0.2) is 0 Å². The molecule has 1 aliphatic heterocycles. The zero-order valence-electron chi connectivity index (χ0n) is 18.6. The molecule has 0 N–H and O–H groups in total. The van der Waals surface area contributed by atoms with E-state index in [0.29, 0.717) is 32.1 Å². The van der Waals surface area contributed by atoms with Gasteiger partial charge in [0.15, 0.2) is 0 Å². The average Bonchev–Trinajstić information content (AvgIpc) is 2.71. The fourth-order valence-corrected chi connectivity index (χ4v) is 4.35. The third kappa shape index (κ3) is 8.39. The molecule has 1 aromatic rings.